The molecule has 0 bridgehead atoms. The molecule has 1 amide bonds. The van der Waals surface area contributed by atoms with E-state index in [1.54, 1.807) is 7.11 Å². The zero-order chi connectivity index (χ0) is 20.1. The van der Waals surface area contributed by atoms with Crippen molar-refractivity contribution in [2.45, 2.75) is 6.42 Å². The van der Waals surface area contributed by atoms with Gasteiger partial charge in [-0.05, 0) is 36.2 Å². The first-order chi connectivity index (χ1) is 14.2. The number of nitrogens with one attached hydrogen (secondary N) is 2. The van der Waals surface area contributed by atoms with Crippen LogP contribution in [0.2, 0.25) is 0 Å². The highest BCUT2D eigenvalue weighted by Gasteiger charge is 2.13. The minimum Gasteiger partial charge on any atom is -0.497 e. The van der Waals surface area contributed by atoms with Gasteiger partial charge in [-0.2, -0.15) is 0 Å². The van der Waals surface area contributed by atoms with Crippen molar-refractivity contribution < 1.29 is 19.0 Å². The Labute approximate surface area is 167 Å². The Balaban J connectivity index is 1.30. The largest absolute Gasteiger partial charge is 0.497 e. The zero-order valence-corrected chi connectivity index (χ0v) is 15.8. The summed E-state index contributed by atoms with van der Waals surface area (Å²) in [6, 6.07) is 13.2. The van der Waals surface area contributed by atoms with E-state index in [2.05, 4.69) is 20.6 Å². The van der Waals surface area contributed by atoms with Gasteiger partial charge in [0.1, 0.15) is 17.3 Å². The Morgan fingerprint density at radius 1 is 1.10 bits per heavy atom. The van der Waals surface area contributed by atoms with E-state index in [0.717, 1.165) is 17.0 Å². The predicted octanol–water partition coefficient (Wildman–Crippen LogP) is 2.93. The van der Waals surface area contributed by atoms with Crippen LogP contribution in [0.25, 0.3) is 0 Å². The van der Waals surface area contributed by atoms with E-state index < -0.39 is 0 Å². The molecule has 4 rings (SSSR count). The molecule has 0 atom stereocenters. The number of carbonyl (C=O) groups is 1. The molecule has 29 heavy (non-hydrogen) atoms. The number of amides is 1. The second-order valence-corrected chi connectivity index (χ2v) is 6.34. The quantitative estimate of drug-likeness (QED) is 0.638. The molecule has 0 saturated carbocycles. The molecule has 1 aliphatic rings. The molecule has 3 aromatic rings. The van der Waals surface area contributed by atoms with Crippen molar-refractivity contribution in [2.75, 3.05) is 25.8 Å². The lowest BCUT2D eigenvalue weighted by Gasteiger charge is -2.08. The molecule has 8 heteroatoms. The number of nitrogens with zero attached hydrogens (tertiary/aromatic N) is 2. The molecule has 2 N–H and O–H groups in total. The first kappa shape index (κ1) is 18.5. The fourth-order valence-electron chi connectivity index (χ4n) is 2.87. The Morgan fingerprint density at radius 2 is 2.00 bits per heavy atom. The van der Waals surface area contributed by atoms with Crippen LogP contribution in [0, 0.1) is 0 Å². The Hall–Kier alpha value is -3.81. The second-order valence-electron chi connectivity index (χ2n) is 6.34. The Bertz CT molecular complexity index is 1010. The monoisotopic (exact) mass is 392 g/mol. The SMILES string of the molecule is COc1cccc(CCNC(=O)c2cnc(Nc3ccc4c(c3)OCO4)cn2)c1. The average molecular weight is 392 g/mol. The molecule has 0 radical (unpaired) electrons. The van der Waals surface area contributed by atoms with Gasteiger partial charge in [0.25, 0.3) is 5.91 Å². The molecule has 148 valence electrons. The summed E-state index contributed by atoms with van der Waals surface area (Å²) in [5.41, 5.74) is 2.13. The third kappa shape index (κ3) is 4.55. The number of anilines is 2. The number of methoxy groups -OCH3 is 1. The molecule has 0 saturated heterocycles. The van der Waals surface area contributed by atoms with Gasteiger partial charge in [-0.15, -0.1) is 0 Å². The highest BCUT2D eigenvalue weighted by atomic mass is 16.7. The summed E-state index contributed by atoms with van der Waals surface area (Å²) < 4.78 is 15.8. The normalized spacial score (nSPS) is 11.8. The minimum absolute atomic E-state index is 0.222. The maximum atomic E-state index is 12.3. The number of rotatable bonds is 7. The van der Waals surface area contributed by atoms with E-state index in [-0.39, 0.29) is 18.4 Å². The van der Waals surface area contributed by atoms with Crippen molar-refractivity contribution in [3.8, 4) is 17.2 Å². The molecule has 8 nitrogen and oxygen atoms in total. The molecule has 0 aliphatic carbocycles. The minimum atomic E-state index is -0.268. The molecular weight excluding hydrogens is 372 g/mol. The molecule has 0 fully saturated rings. The highest BCUT2D eigenvalue weighted by Crippen LogP contribution is 2.34. The summed E-state index contributed by atoms with van der Waals surface area (Å²) in [5.74, 6) is 2.44. The summed E-state index contributed by atoms with van der Waals surface area (Å²) in [6.45, 7) is 0.713. The lowest BCUT2D eigenvalue weighted by molar-refractivity contribution is 0.0949. The average Bonchev–Trinajstić information content (AvgIpc) is 3.22. The van der Waals surface area contributed by atoms with Gasteiger partial charge in [0, 0.05) is 18.3 Å². The zero-order valence-electron chi connectivity index (χ0n) is 15.8. The number of fused-ring (bicyclic) bond motifs is 1. The van der Waals surface area contributed by atoms with E-state index in [1.165, 1.54) is 12.4 Å². The van der Waals surface area contributed by atoms with Crippen molar-refractivity contribution in [1.29, 1.82) is 0 Å². The maximum absolute atomic E-state index is 12.3. The van der Waals surface area contributed by atoms with Crippen molar-refractivity contribution in [3.63, 3.8) is 0 Å². The molecular formula is C21H20N4O4. The van der Waals surface area contributed by atoms with Crippen LogP contribution >= 0.6 is 0 Å². The van der Waals surface area contributed by atoms with Gasteiger partial charge in [0.2, 0.25) is 6.79 Å². The van der Waals surface area contributed by atoms with Crippen molar-refractivity contribution in [1.82, 2.24) is 15.3 Å². The van der Waals surface area contributed by atoms with E-state index in [4.69, 9.17) is 14.2 Å². The van der Waals surface area contributed by atoms with Crippen LogP contribution in [0.15, 0.2) is 54.9 Å². The van der Waals surface area contributed by atoms with E-state index in [9.17, 15) is 4.79 Å². The van der Waals surface area contributed by atoms with Crippen LogP contribution in [0.4, 0.5) is 11.5 Å². The van der Waals surface area contributed by atoms with E-state index in [1.807, 2.05) is 42.5 Å². The molecule has 0 unspecified atom stereocenters. The van der Waals surface area contributed by atoms with Crippen LogP contribution in [0.3, 0.4) is 0 Å². The fourth-order valence-corrected chi connectivity index (χ4v) is 2.87. The topological polar surface area (TPSA) is 94.6 Å². The molecule has 2 aromatic carbocycles. The molecule has 1 aliphatic heterocycles. The van der Waals surface area contributed by atoms with Crippen molar-refractivity contribution in [3.05, 3.63) is 66.1 Å². The number of aromatic nitrogens is 2. The summed E-state index contributed by atoms with van der Waals surface area (Å²) in [5, 5.41) is 5.97. The van der Waals surface area contributed by atoms with Gasteiger partial charge in [0.05, 0.1) is 19.5 Å². The van der Waals surface area contributed by atoms with Gasteiger partial charge >= 0.3 is 0 Å². The smallest absolute Gasteiger partial charge is 0.271 e. The number of hydrogen-bond donors (Lipinski definition) is 2. The first-order valence-corrected chi connectivity index (χ1v) is 9.11. The Morgan fingerprint density at radius 3 is 2.83 bits per heavy atom. The van der Waals surface area contributed by atoms with Crippen LogP contribution < -0.4 is 24.8 Å². The lowest BCUT2D eigenvalue weighted by atomic mass is 10.1. The number of benzene rings is 2. The molecule has 1 aromatic heterocycles. The third-order valence-corrected chi connectivity index (χ3v) is 4.36. The van der Waals surface area contributed by atoms with Crippen LogP contribution in [-0.4, -0.2) is 36.3 Å². The van der Waals surface area contributed by atoms with Gasteiger partial charge in [0.15, 0.2) is 11.5 Å². The Kier molecular flexibility index (Phi) is 5.42. The second kappa shape index (κ2) is 8.47. The standard InChI is InChI=1S/C21H20N4O4/c1-27-16-4-2-3-14(9-16)7-8-22-21(26)17-11-24-20(12-23-17)25-15-5-6-18-19(10-15)29-13-28-18/h2-6,9-12H,7-8,13H2,1H3,(H,22,26)(H,24,25). The summed E-state index contributed by atoms with van der Waals surface area (Å²) >= 11 is 0. The van der Waals surface area contributed by atoms with Crippen molar-refractivity contribution in [2.24, 2.45) is 0 Å². The summed E-state index contributed by atoms with van der Waals surface area (Å²) in [4.78, 5) is 20.7. The van der Waals surface area contributed by atoms with E-state index >= 15 is 0 Å². The molecule has 2 heterocycles. The van der Waals surface area contributed by atoms with Crippen molar-refractivity contribution >= 4 is 17.4 Å². The number of hydrogen-bond acceptors (Lipinski definition) is 7. The third-order valence-electron chi connectivity index (χ3n) is 4.36. The predicted molar refractivity (Wildman–Crippen MR) is 107 cm³/mol. The van der Waals surface area contributed by atoms with Gasteiger partial charge in [-0.3, -0.25) is 4.79 Å². The molecule has 0 spiro atoms. The first-order valence-electron chi connectivity index (χ1n) is 9.11. The van der Waals surface area contributed by atoms with Crippen LogP contribution in [0.1, 0.15) is 16.1 Å². The van der Waals surface area contributed by atoms with Gasteiger partial charge < -0.3 is 24.8 Å². The lowest BCUT2D eigenvalue weighted by Crippen LogP contribution is -2.26. The highest BCUT2D eigenvalue weighted by molar-refractivity contribution is 5.92. The van der Waals surface area contributed by atoms with Gasteiger partial charge in [-0.25, -0.2) is 9.97 Å². The van der Waals surface area contributed by atoms with Gasteiger partial charge in [-0.1, -0.05) is 12.1 Å². The van der Waals surface area contributed by atoms with E-state index in [0.29, 0.717) is 30.3 Å². The maximum Gasteiger partial charge on any atom is 0.271 e. The van der Waals surface area contributed by atoms with Crippen LogP contribution in [0.5, 0.6) is 17.2 Å². The summed E-state index contributed by atoms with van der Waals surface area (Å²) in [6.07, 6.45) is 3.65. The summed E-state index contributed by atoms with van der Waals surface area (Å²) in [7, 11) is 1.63. The fraction of sp³-hybridized carbons (Fsp3) is 0.190. The number of ether oxygens (including phenoxy) is 3. The number of carbonyl (C=O) groups excluding carboxylic acids is 1. The van der Waals surface area contributed by atoms with Crippen LogP contribution in [-0.2, 0) is 6.42 Å².